The van der Waals surface area contributed by atoms with E-state index < -0.39 is 0 Å². The van der Waals surface area contributed by atoms with Crippen LogP contribution in [0.3, 0.4) is 0 Å². The highest BCUT2D eigenvalue weighted by atomic mass is 15.0. The topological polar surface area (TPSA) is 72.2 Å². The summed E-state index contributed by atoms with van der Waals surface area (Å²) in [5.74, 6) is 6.18. The lowest BCUT2D eigenvalue weighted by Crippen LogP contribution is -2.50. The molecule has 6 N–H and O–H groups in total. The van der Waals surface area contributed by atoms with Crippen molar-refractivity contribution < 1.29 is 0 Å². The van der Waals surface area contributed by atoms with Crippen molar-refractivity contribution in [2.75, 3.05) is 65.4 Å². The van der Waals surface area contributed by atoms with Crippen molar-refractivity contribution in [3.8, 4) is 0 Å². The highest BCUT2D eigenvalue weighted by molar-refractivity contribution is 5.35. The number of hydrogen-bond acceptors (Lipinski definition) is 6. The third-order valence-electron chi connectivity index (χ3n) is 22.0. The molecule has 0 saturated heterocycles. The summed E-state index contributed by atoms with van der Waals surface area (Å²) in [6, 6.07) is 66.6. The molecule has 6 aromatic carbocycles. The first-order valence-electron chi connectivity index (χ1n) is 33.3. The Morgan fingerprint density at radius 1 is 0.410 bits per heavy atom. The summed E-state index contributed by atoms with van der Waals surface area (Å²) in [6.07, 6.45) is 20.4. The average molecular weight is 1120 g/mol. The van der Waals surface area contributed by atoms with Crippen LogP contribution < -0.4 is 31.9 Å². The van der Waals surface area contributed by atoms with Gasteiger partial charge in [0.15, 0.2) is 0 Å². The van der Waals surface area contributed by atoms with Crippen molar-refractivity contribution in [3.05, 3.63) is 215 Å². The number of fused-ring (bicyclic) bond motifs is 2. The summed E-state index contributed by atoms with van der Waals surface area (Å²) in [6.45, 7) is 20.3. The largest absolute Gasteiger partial charge is 0.315 e. The van der Waals surface area contributed by atoms with Crippen LogP contribution in [-0.2, 0) is 0 Å². The molecule has 0 aliphatic heterocycles. The van der Waals surface area contributed by atoms with Crippen molar-refractivity contribution in [1.29, 1.82) is 0 Å². The van der Waals surface area contributed by atoms with Gasteiger partial charge in [-0.15, -0.1) is 0 Å². The molecule has 83 heavy (non-hydrogen) atoms. The van der Waals surface area contributed by atoms with Gasteiger partial charge in [-0.1, -0.05) is 222 Å². The van der Waals surface area contributed by atoms with E-state index in [9.17, 15) is 0 Å². The van der Waals surface area contributed by atoms with Gasteiger partial charge in [-0.25, -0.2) is 0 Å². The highest BCUT2D eigenvalue weighted by Gasteiger charge is 2.61. The smallest absolute Gasteiger partial charge is 0.0214 e. The first-order chi connectivity index (χ1) is 40.7. The van der Waals surface area contributed by atoms with Crippen LogP contribution in [-0.4, -0.2) is 77.5 Å². The van der Waals surface area contributed by atoms with Crippen LogP contribution in [0, 0.1) is 45.8 Å². The maximum Gasteiger partial charge on any atom is 0.0214 e. The van der Waals surface area contributed by atoms with Gasteiger partial charge in [0.1, 0.15) is 0 Å². The van der Waals surface area contributed by atoms with Gasteiger partial charge in [0.2, 0.25) is 0 Å². The van der Waals surface area contributed by atoms with E-state index >= 15 is 0 Å². The number of rotatable bonds is 26. The van der Waals surface area contributed by atoms with E-state index in [-0.39, 0.29) is 0 Å². The Balaban J connectivity index is 0.000000139. The maximum absolute atomic E-state index is 3.90. The van der Waals surface area contributed by atoms with E-state index in [1.807, 2.05) is 0 Å². The quantitative estimate of drug-likeness (QED) is 0.0304. The normalized spacial score (nSPS) is 25.3. The molecular formula is C77H106N6. The van der Waals surface area contributed by atoms with Crippen LogP contribution in [0.2, 0.25) is 0 Å². The lowest BCUT2D eigenvalue weighted by molar-refractivity contribution is -0.0511. The standard InChI is InChI=1S/C27H36N2.C26H36N2.C24H34N2/c1-3-7-24(8-4-1)26(25-9-5-2-6-10-25)19-28-11-12-29-20-27-16-21-13-22(17-27)15-23(14-21)18-27;1-25(2)22-14-15-26(25,3)24(18-22)28-17-16-27-19-23(20-10-6-4-7-11-20)21-12-8-5-9-13-21;1-20(21-11-5-2-6-12-21)26-18-17-25-19-24(22-13-7-3-8-14-22)23-15-9-4-10-16-23/h1-10,21-23,26,28-29H,11-20H2;4-13,22-24,27-28H,14-19H2,1-3H3;3-4,7-10,13-16,20-21,24-26H,2,5-6,11-12,17-19H2,1H3/t;;20-/m..0/s1. The predicted molar refractivity (Wildman–Crippen MR) is 351 cm³/mol. The maximum atomic E-state index is 3.90. The fraction of sp³-hybridized carbons (Fsp3) is 0.532. The minimum absolute atomic E-state index is 0.404. The van der Waals surface area contributed by atoms with Gasteiger partial charge in [0.05, 0.1) is 0 Å². The molecule has 0 heterocycles. The predicted octanol–water partition coefficient (Wildman–Crippen LogP) is 15.4. The van der Waals surface area contributed by atoms with Crippen LogP contribution in [0.5, 0.6) is 0 Å². The lowest BCUT2D eigenvalue weighted by Gasteiger charge is -2.57. The molecule has 13 rings (SSSR count). The Morgan fingerprint density at radius 2 is 0.771 bits per heavy atom. The number of hydrogen-bond donors (Lipinski definition) is 6. The van der Waals surface area contributed by atoms with Crippen molar-refractivity contribution in [1.82, 2.24) is 31.9 Å². The average Bonchev–Trinajstić information content (AvgIpc) is 3.01. The zero-order valence-electron chi connectivity index (χ0n) is 51.6. The minimum atomic E-state index is 0.404. The van der Waals surface area contributed by atoms with Gasteiger partial charge in [-0.3, -0.25) is 0 Å². The second-order valence-corrected chi connectivity index (χ2v) is 27.6. The Morgan fingerprint density at radius 3 is 1.13 bits per heavy atom. The van der Waals surface area contributed by atoms with Crippen LogP contribution >= 0.6 is 0 Å². The van der Waals surface area contributed by atoms with Gasteiger partial charge in [-0.2, -0.15) is 0 Å². The van der Waals surface area contributed by atoms with E-state index in [0.717, 1.165) is 88.5 Å². The zero-order chi connectivity index (χ0) is 57.2. The monoisotopic (exact) mass is 1110 g/mol. The van der Waals surface area contributed by atoms with Gasteiger partial charge in [-0.05, 0) is 157 Å². The molecular weight excluding hydrogens is 1010 g/mol. The molecule has 0 radical (unpaired) electrons. The van der Waals surface area contributed by atoms with Crippen LogP contribution in [0.4, 0.5) is 0 Å². The second kappa shape index (κ2) is 30.4. The van der Waals surface area contributed by atoms with E-state index in [1.165, 1.54) is 111 Å². The number of benzene rings is 6. The Hall–Kier alpha value is -4.92. The SMILES string of the molecule is CC1(C)C2CCC1(C)C(NCCNCC(c1ccccc1)c1ccccc1)C2.C[C@H](NCCNCC(c1ccccc1)c1ccccc1)C1CCCCC1.c1ccc(C(CNCCNCC23CC4CC(CC(C4)C2)C3)c2ccccc2)cc1. The van der Waals surface area contributed by atoms with Crippen LogP contribution in [0.25, 0.3) is 0 Å². The summed E-state index contributed by atoms with van der Waals surface area (Å²) >= 11 is 0. The molecule has 6 heteroatoms. The Bertz CT molecular complexity index is 2580. The molecule has 0 aromatic heterocycles. The Labute approximate surface area is 503 Å². The summed E-state index contributed by atoms with van der Waals surface area (Å²) < 4.78 is 0. The number of nitrogens with one attached hydrogen (secondary N) is 6. The van der Waals surface area contributed by atoms with Crippen molar-refractivity contribution in [3.63, 3.8) is 0 Å². The minimum Gasteiger partial charge on any atom is -0.315 e. The Kier molecular flexibility index (Phi) is 22.4. The first-order valence-corrected chi connectivity index (χ1v) is 33.3. The lowest BCUT2D eigenvalue weighted by atomic mass is 9.49. The zero-order valence-corrected chi connectivity index (χ0v) is 51.6. The fourth-order valence-electron chi connectivity index (χ4n) is 17.2. The van der Waals surface area contributed by atoms with Crippen molar-refractivity contribution in [2.45, 2.75) is 147 Å². The summed E-state index contributed by atoms with van der Waals surface area (Å²) in [5.41, 5.74) is 9.93. The van der Waals surface area contributed by atoms with Crippen LogP contribution in [0.1, 0.15) is 169 Å². The van der Waals surface area contributed by atoms with Gasteiger partial charge in [0.25, 0.3) is 0 Å². The van der Waals surface area contributed by atoms with E-state index in [0.29, 0.717) is 46.1 Å². The molecule has 7 fully saturated rings. The molecule has 7 aliphatic carbocycles. The first kappa shape index (κ1) is 61.2. The third-order valence-corrected chi connectivity index (χ3v) is 22.0. The van der Waals surface area contributed by atoms with Gasteiger partial charge in [0, 0.05) is 95.3 Å². The van der Waals surface area contributed by atoms with Gasteiger partial charge < -0.3 is 31.9 Å². The third kappa shape index (κ3) is 16.3. The van der Waals surface area contributed by atoms with E-state index in [1.54, 1.807) is 19.3 Å². The molecule has 6 aromatic rings. The summed E-state index contributed by atoms with van der Waals surface area (Å²) in [7, 11) is 0. The summed E-state index contributed by atoms with van der Waals surface area (Å²) in [5, 5.41) is 22.6. The summed E-state index contributed by atoms with van der Waals surface area (Å²) in [4.78, 5) is 0. The van der Waals surface area contributed by atoms with Crippen molar-refractivity contribution >= 4 is 0 Å². The van der Waals surface area contributed by atoms with Crippen molar-refractivity contribution in [2.24, 2.45) is 45.8 Å². The molecule has 7 saturated carbocycles. The highest BCUT2D eigenvalue weighted by Crippen LogP contribution is 2.65. The van der Waals surface area contributed by atoms with E-state index in [2.05, 4.69) is 242 Å². The molecule has 0 spiro atoms. The molecule has 6 bridgehead atoms. The molecule has 7 aliphatic rings. The molecule has 444 valence electrons. The molecule has 3 unspecified atom stereocenters. The van der Waals surface area contributed by atoms with Gasteiger partial charge >= 0.3 is 0 Å². The van der Waals surface area contributed by atoms with Crippen LogP contribution in [0.15, 0.2) is 182 Å². The van der Waals surface area contributed by atoms with E-state index in [4.69, 9.17) is 0 Å². The molecule has 4 atom stereocenters. The molecule has 6 nitrogen and oxygen atoms in total. The fourth-order valence-corrected chi connectivity index (χ4v) is 17.2. The molecule has 0 amide bonds. The second-order valence-electron chi connectivity index (χ2n) is 27.6.